The summed E-state index contributed by atoms with van der Waals surface area (Å²) in [6, 6.07) is 24.2. The van der Waals surface area contributed by atoms with Crippen LogP contribution in [0.4, 0.5) is 0 Å². The molecule has 2 aliphatic heterocycles. The number of hydrogen-bond acceptors (Lipinski definition) is 5. The van der Waals surface area contributed by atoms with Crippen molar-refractivity contribution in [2.45, 2.75) is 31.1 Å². The van der Waals surface area contributed by atoms with Crippen LogP contribution >= 0.6 is 11.8 Å². The first-order chi connectivity index (χ1) is 16.7. The number of carboxylic acids is 1. The van der Waals surface area contributed by atoms with Crippen molar-refractivity contribution in [2.24, 2.45) is 5.92 Å². The SMILES string of the molecule is O=C([O-])c1ccc2c(c1)[C@H](SCCN1CCC(Cc3ccccc3)CC1)c1ccccc1CO2.[Na+]. The third kappa shape index (κ3) is 6.52. The Morgan fingerprint density at radius 2 is 1.71 bits per heavy atom. The summed E-state index contributed by atoms with van der Waals surface area (Å²) in [6.45, 7) is 3.83. The van der Waals surface area contributed by atoms with Crippen molar-refractivity contribution >= 4 is 17.7 Å². The minimum absolute atomic E-state index is 0. The summed E-state index contributed by atoms with van der Waals surface area (Å²) in [5, 5.41) is 11.6. The van der Waals surface area contributed by atoms with Gasteiger partial charge in [0.25, 0.3) is 0 Å². The Bertz CT molecular complexity index is 1130. The third-order valence-electron chi connectivity index (χ3n) is 7.02. The van der Waals surface area contributed by atoms with E-state index in [1.807, 2.05) is 17.8 Å². The second-order valence-electron chi connectivity index (χ2n) is 9.25. The summed E-state index contributed by atoms with van der Waals surface area (Å²) in [5.74, 6) is 1.37. The number of benzene rings is 3. The van der Waals surface area contributed by atoms with Crippen LogP contribution in [0.25, 0.3) is 0 Å². The molecule has 0 amide bonds. The monoisotopic (exact) mass is 495 g/mol. The fourth-order valence-electron chi connectivity index (χ4n) is 5.10. The maximum atomic E-state index is 11.5. The first-order valence-corrected chi connectivity index (χ1v) is 13.2. The van der Waals surface area contributed by atoms with Crippen molar-refractivity contribution in [1.82, 2.24) is 4.90 Å². The largest absolute Gasteiger partial charge is 1.00 e. The summed E-state index contributed by atoms with van der Waals surface area (Å²) in [4.78, 5) is 14.1. The van der Waals surface area contributed by atoms with Crippen molar-refractivity contribution in [3.05, 3.63) is 101 Å². The number of thioether (sulfide) groups is 1. The molecule has 0 unspecified atom stereocenters. The molecule has 35 heavy (non-hydrogen) atoms. The molecule has 3 aromatic carbocycles. The van der Waals surface area contributed by atoms with Crippen molar-refractivity contribution in [2.75, 3.05) is 25.4 Å². The number of ether oxygens (including phenoxy) is 1. The summed E-state index contributed by atoms with van der Waals surface area (Å²) in [5.41, 5.74) is 4.95. The smallest absolute Gasteiger partial charge is 0.545 e. The first-order valence-electron chi connectivity index (χ1n) is 12.1. The Hall–Kier alpha value is -1.76. The van der Waals surface area contributed by atoms with Crippen molar-refractivity contribution in [1.29, 1.82) is 0 Å². The van der Waals surface area contributed by atoms with Crippen molar-refractivity contribution in [3.8, 4) is 5.75 Å². The molecule has 0 aliphatic carbocycles. The van der Waals surface area contributed by atoms with E-state index in [1.54, 1.807) is 18.2 Å². The molecule has 6 heteroatoms. The van der Waals surface area contributed by atoms with Gasteiger partial charge in [0.15, 0.2) is 0 Å². The summed E-state index contributed by atoms with van der Waals surface area (Å²) < 4.78 is 6.06. The van der Waals surface area contributed by atoms with E-state index in [9.17, 15) is 9.90 Å². The van der Waals surface area contributed by atoms with Crippen LogP contribution in [0.3, 0.4) is 0 Å². The molecule has 4 nitrogen and oxygen atoms in total. The van der Waals surface area contributed by atoms with Gasteiger partial charge in [0.2, 0.25) is 0 Å². The van der Waals surface area contributed by atoms with Gasteiger partial charge in [0, 0.05) is 17.9 Å². The average Bonchev–Trinajstić information content (AvgIpc) is 3.02. The molecule has 0 spiro atoms. The number of aromatic carboxylic acids is 1. The molecule has 1 fully saturated rings. The number of rotatable bonds is 7. The van der Waals surface area contributed by atoms with Gasteiger partial charge < -0.3 is 19.5 Å². The van der Waals surface area contributed by atoms with Gasteiger partial charge in [-0.3, -0.25) is 0 Å². The van der Waals surface area contributed by atoms with Crippen LogP contribution in [0.15, 0.2) is 72.8 Å². The predicted octanol–water partition coefficient (Wildman–Crippen LogP) is 1.72. The van der Waals surface area contributed by atoms with Gasteiger partial charge in [-0.15, -0.1) is 11.8 Å². The van der Waals surface area contributed by atoms with E-state index < -0.39 is 5.97 Å². The number of likely N-dealkylation sites (tertiary alicyclic amines) is 1. The minimum atomic E-state index is -1.15. The zero-order chi connectivity index (χ0) is 23.3. The Morgan fingerprint density at radius 1 is 0.971 bits per heavy atom. The number of hydrogen-bond donors (Lipinski definition) is 0. The second kappa shape index (κ2) is 12.5. The normalized spacial score (nSPS) is 17.9. The van der Waals surface area contributed by atoms with Gasteiger partial charge in [-0.2, -0.15) is 0 Å². The van der Waals surface area contributed by atoms with Crippen LogP contribution < -0.4 is 39.4 Å². The Balaban J connectivity index is 0.00000289. The van der Waals surface area contributed by atoms with E-state index in [1.165, 1.54) is 30.4 Å². The van der Waals surface area contributed by atoms with E-state index >= 15 is 0 Å². The molecule has 0 radical (unpaired) electrons. The maximum Gasteiger partial charge on any atom is 1.00 e. The van der Waals surface area contributed by atoms with Gasteiger partial charge in [-0.1, -0.05) is 54.6 Å². The molecule has 0 aromatic heterocycles. The van der Waals surface area contributed by atoms with E-state index in [4.69, 9.17) is 4.74 Å². The van der Waals surface area contributed by atoms with E-state index in [-0.39, 0.29) is 40.4 Å². The Labute approximate surface area is 234 Å². The molecule has 1 atom stereocenters. The fourth-order valence-corrected chi connectivity index (χ4v) is 6.47. The van der Waals surface area contributed by atoms with Gasteiger partial charge in [0.1, 0.15) is 12.4 Å². The van der Waals surface area contributed by atoms with E-state index in [2.05, 4.69) is 53.4 Å². The minimum Gasteiger partial charge on any atom is -0.545 e. The molecule has 0 bridgehead atoms. The molecule has 0 saturated carbocycles. The van der Waals surface area contributed by atoms with Crippen LogP contribution in [-0.4, -0.2) is 36.3 Å². The number of carboxylic acid groups (broad SMARTS) is 1. The molecular formula is C29H30NNaO3S. The molecule has 2 aliphatic rings. The van der Waals surface area contributed by atoms with Crippen molar-refractivity contribution in [3.63, 3.8) is 0 Å². The fraction of sp³-hybridized carbons (Fsp3) is 0.345. The van der Waals surface area contributed by atoms with Crippen LogP contribution in [0.1, 0.15) is 50.7 Å². The quantitative estimate of drug-likeness (QED) is 0.468. The second-order valence-corrected chi connectivity index (χ2v) is 10.5. The number of fused-ring (bicyclic) bond motifs is 2. The topological polar surface area (TPSA) is 52.6 Å². The molecule has 0 N–H and O–H groups in total. The molecule has 2 heterocycles. The summed E-state index contributed by atoms with van der Waals surface area (Å²) in [6.07, 6.45) is 3.68. The number of piperidine rings is 1. The number of carbonyl (C=O) groups excluding carboxylic acids is 1. The standard InChI is InChI=1S/C29H31NO3S.Na/c31-29(32)23-10-11-27-26(19-23)28(25-9-5-4-8-24(25)20-33-27)34-17-16-30-14-12-22(13-15-30)18-21-6-2-1-3-7-21;/h1-11,19,22,28H,12-18,20H2,(H,31,32);/q;+1/p-1/t28-;/m1./s1. The van der Waals surface area contributed by atoms with Gasteiger partial charge in [0.05, 0.1) is 11.2 Å². The number of nitrogens with zero attached hydrogens (tertiary/aromatic N) is 1. The summed E-state index contributed by atoms with van der Waals surface area (Å²) in [7, 11) is 0. The van der Waals surface area contributed by atoms with Gasteiger partial charge in [-0.25, -0.2) is 0 Å². The van der Waals surface area contributed by atoms with Crippen LogP contribution in [0, 0.1) is 5.92 Å². The maximum absolute atomic E-state index is 11.5. The van der Waals surface area contributed by atoms with Gasteiger partial charge in [-0.05, 0) is 78.7 Å². The van der Waals surface area contributed by atoms with Crippen LogP contribution in [0.5, 0.6) is 5.75 Å². The average molecular weight is 496 g/mol. The Kier molecular flexibility index (Phi) is 9.37. The molecule has 3 aromatic rings. The van der Waals surface area contributed by atoms with Gasteiger partial charge >= 0.3 is 29.6 Å². The molecule has 176 valence electrons. The Morgan fingerprint density at radius 3 is 2.49 bits per heavy atom. The van der Waals surface area contributed by atoms with Crippen molar-refractivity contribution < 1.29 is 44.2 Å². The molecular weight excluding hydrogens is 465 g/mol. The van der Waals surface area contributed by atoms with E-state index in [0.717, 1.165) is 48.2 Å². The van der Waals surface area contributed by atoms with E-state index in [0.29, 0.717) is 6.61 Å². The first kappa shape index (κ1) is 26.3. The van der Waals surface area contributed by atoms with Crippen LogP contribution in [0.2, 0.25) is 0 Å². The number of carbonyl (C=O) groups is 1. The third-order valence-corrected chi connectivity index (χ3v) is 8.27. The molecule has 5 rings (SSSR count). The summed E-state index contributed by atoms with van der Waals surface area (Å²) >= 11 is 1.88. The zero-order valence-electron chi connectivity index (χ0n) is 20.3. The predicted molar refractivity (Wildman–Crippen MR) is 135 cm³/mol. The van der Waals surface area contributed by atoms with Crippen LogP contribution in [-0.2, 0) is 13.0 Å². The molecule has 1 saturated heterocycles. The zero-order valence-corrected chi connectivity index (χ0v) is 23.1.